The molecule has 0 saturated heterocycles. The van der Waals surface area contributed by atoms with Gasteiger partial charge < -0.3 is 24.6 Å². The Morgan fingerprint density at radius 3 is 1.91 bits per heavy atom. The quantitative estimate of drug-likeness (QED) is 0.462. The van der Waals surface area contributed by atoms with Crippen molar-refractivity contribution in [1.82, 2.24) is 5.32 Å². The van der Waals surface area contributed by atoms with Gasteiger partial charge in [-0.1, -0.05) is 12.1 Å². The zero-order valence-corrected chi connectivity index (χ0v) is 20.9. The minimum atomic E-state index is -2.12. The first-order valence-electron chi connectivity index (χ1n) is 11.0. The van der Waals surface area contributed by atoms with Gasteiger partial charge in [0.05, 0.1) is 11.7 Å². The molecule has 0 spiro atoms. The summed E-state index contributed by atoms with van der Waals surface area (Å²) in [5.74, 6) is -1.27. The number of hydrogen-bond donors (Lipinski definition) is 2. The fourth-order valence-corrected chi connectivity index (χ4v) is 3.29. The number of alkyl carbamates (subject to hydrolysis) is 1. The Balaban J connectivity index is 2.77. The lowest BCUT2D eigenvalue weighted by molar-refractivity contribution is -0.164. The smallest absolute Gasteiger partial charge is 0.408 e. The molecule has 2 N–H and O–H groups in total. The number of esters is 1. The molecule has 1 amide bonds. The van der Waals surface area contributed by atoms with Crippen molar-refractivity contribution in [2.24, 2.45) is 0 Å². The first-order chi connectivity index (χ1) is 15.4. The molecule has 0 aliphatic rings. The van der Waals surface area contributed by atoms with E-state index in [2.05, 4.69) is 5.32 Å². The standard InChI is InChI=1S/C25H33NO8/c1-14(2)32-20-17(18(28)19(20)29)25(21(30)33-23(3,4)5,26-22(31)34-24(6,7)8)13-15-9-11-16(27)12-10-15/h9-12,14,27H,13H2,1-8H3,(H,26,31). The highest BCUT2D eigenvalue weighted by atomic mass is 16.6. The maximum Gasteiger partial charge on any atom is 0.408 e. The molecule has 0 heterocycles. The van der Waals surface area contributed by atoms with Crippen LogP contribution >= 0.6 is 0 Å². The fourth-order valence-electron chi connectivity index (χ4n) is 3.29. The molecular weight excluding hydrogens is 442 g/mol. The summed E-state index contributed by atoms with van der Waals surface area (Å²) in [5.41, 5.74) is -5.70. The summed E-state index contributed by atoms with van der Waals surface area (Å²) in [6.07, 6.45) is -1.73. The van der Waals surface area contributed by atoms with Crippen molar-refractivity contribution in [2.45, 2.75) is 84.7 Å². The number of benzene rings is 1. The molecule has 0 fully saturated rings. The molecule has 0 radical (unpaired) electrons. The monoisotopic (exact) mass is 475 g/mol. The van der Waals surface area contributed by atoms with Gasteiger partial charge >= 0.3 is 12.1 Å². The van der Waals surface area contributed by atoms with Gasteiger partial charge in [-0.3, -0.25) is 9.59 Å². The molecule has 0 aromatic heterocycles. The molecule has 0 bridgehead atoms. The number of phenolic OH excluding ortho intramolecular Hbond substituents is 1. The fraction of sp³-hybridized carbons (Fsp3) is 0.520. The van der Waals surface area contributed by atoms with Gasteiger partial charge in [0.1, 0.15) is 17.0 Å². The Labute approximate surface area is 198 Å². The molecule has 2 aromatic carbocycles. The van der Waals surface area contributed by atoms with Crippen LogP contribution in [0.15, 0.2) is 33.9 Å². The molecule has 0 aliphatic heterocycles. The Hall–Kier alpha value is -3.36. The van der Waals surface area contributed by atoms with Crippen molar-refractivity contribution in [2.75, 3.05) is 0 Å². The highest BCUT2D eigenvalue weighted by molar-refractivity contribution is 5.89. The van der Waals surface area contributed by atoms with Crippen LogP contribution in [0.5, 0.6) is 11.5 Å². The van der Waals surface area contributed by atoms with Crippen molar-refractivity contribution in [3.8, 4) is 11.5 Å². The van der Waals surface area contributed by atoms with Crippen molar-refractivity contribution in [3.05, 3.63) is 55.8 Å². The van der Waals surface area contributed by atoms with Gasteiger partial charge in [-0.05, 0) is 73.1 Å². The van der Waals surface area contributed by atoms with Crippen molar-refractivity contribution in [3.63, 3.8) is 0 Å². The van der Waals surface area contributed by atoms with Gasteiger partial charge in [0.25, 0.3) is 5.43 Å². The second-order valence-electron chi connectivity index (χ2n) is 10.4. The first-order valence-corrected chi connectivity index (χ1v) is 11.0. The van der Waals surface area contributed by atoms with E-state index in [0.29, 0.717) is 5.56 Å². The number of rotatable bonds is 7. The first kappa shape index (κ1) is 26.9. The van der Waals surface area contributed by atoms with E-state index < -0.39 is 45.8 Å². The lowest BCUT2D eigenvalue weighted by Crippen LogP contribution is -2.61. The normalized spacial score (nSPS) is 13.9. The minimum absolute atomic E-state index is 0.00957. The van der Waals surface area contributed by atoms with Crippen LogP contribution in [0.2, 0.25) is 0 Å². The third-order valence-corrected chi connectivity index (χ3v) is 4.51. The van der Waals surface area contributed by atoms with E-state index in [1.807, 2.05) is 0 Å². The van der Waals surface area contributed by atoms with Crippen LogP contribution in [0.25, 0.3) is 0 Å². The van der Waals surface area contributed by atoms with Gasteiger partial charge in [-0.25, -0.2) is 9.59 Å². The zero-order chi connectivity index (χ0) is 26.1. The molecule has 1 atom stereocenters. The molecule has 2 aromatic rings. The number of ether oxygens (including phenoxy) is 3. The van der Waals surface area contributed by atoms with E-state index in [1.54, 1.807) is 55.4 Å². The number of amides is 1. The van der Waals surface area contributed by atoms with Gasteiger partial charge in [-0.2, -0.15) is 0 Å². The molecule has 9 nitrogen and oxygen atoms in total. The maximum absolute atomic E-state index is 13.7. The molecule has 0 saturated carbocycles. The zero-order valence-electron chi connectivity index (χ0n) is 20.9. The summed E-state index contributed by atoms with van der Waals surface area (Å²) < 4.78 is 16.6. The summed E-state index contributed by atoms with van der Waals surface area (Å²) in [7, 11) is 0. The average molecular weight is 476 g/mol. The number of aromatic hydroxyl groups is 1. The Kier molecular flexibility index (Phi) is 7.50. The average Bonchev–Trinajstić information content (AvgIpc) is 2.65. The van der Waals surface area contributed by atoms with Gasteiger partial charge in [-0.15, -0.1) is 0 Å². The molecule has 186 valence electrons. The molecule has 2 rings (SSSR count). The van der Waals surface area contributed by atoms with Crippen LogP contribution in [0, 0.1) is 0 Å². The molecule has 0 aliphatic carbocycles. The van der Waals surface area contributed by atoms with E-state index in [0.717, 1.165) is 0 Å². The number of phenols is 1. The largest absolute Gasteiger partial charge is 0.508 e. The van der Waals surface area contributed by atoms with E-state index in [4.69, 9.17) is 14.2 Å². The van der Waals surface area contributed by atoms with Crippen LogP contribution in [0.3, 0.4) is 0 Å². The lowest BCUT2D eigenvalue weighted by atomic mass is 9.80. The predicted molar refractivity (Wildman–Crippen MR) is 126 cm³/mol. The molecular formula is C25H33NO8. The van der Waals surface area contributed by atoms with Crippen molar-refractivity contribution < 1.29 is 28.9 Å². The summed E-state index contributed by atoms with van der Waals surface area (Å²) in [6, 6.07) is 5.85. The van der Waals surface area contributed by atoms with Crippen molar-refractivity contribution in [1.29, 1.82) is 0 Å². The summed E-state index contributed by atoms with van der Waals surface area (Å²) in [4.78, 5) is 51.9. The van der Waals surface area contributed by atoms with Crippen LogP contribution in [0.4, 0.5) is 4.79 Å². The lowest BCUT2D eigenvalue weighted by Gasteiger charge is -2.37. The van der Waals surface area contributed by atoms with Gasteiger partial charge in [0.2, 0.25) is 5.43 Å². The summed E-state index contributed by atoms with van der Waals surface area (Å²) in [6.45, 7) is 13.2. The van der Waals surface area contributed by atoms with E-state index in [1.165, 1.54) is 24.3 Å². The number of carbonyl (C=O) groups is 2. The topological polar surface area (TPSA) is 128 Å². The van der Waals surface area contributed by atoms with Crippen molar-refractivity contribution >= 4 is 12.1 Å². The second-order valence-corrected chi connectivity index (χ2v) is 10.4. The predicted octanol–water partition coefficient (Wildman–Crippen LogP) is 3.08. The van der Waals surface area contributed by atoms with E-state index >= 15 is 0 Å². The highest BCUT2D eigenvalue weighted by Gasteiger charge is 2.52. The Bertz CT molecular complexity index is 1110. The van der Waals surface area contributed by atoms with Crippen LogP contribution in [-0.4, -0.2) is 34.5 Å². The third-order valence-electron chi connectivity index (χ3n) is 4.51. The molecule has 34 heavy (non-hydrogen) atoms. The van der Waals surface area contributed by atoms with Gasteiger partial charge in [0, 0.05) is 6.42 Å². The second kappa shape index (κ2) is 9.48. The third kappa shape index (κ3) is 6.36. The van der Waals surface area contributed by atoms with E-state index in [9.17, 15) is 24.3 Å². The van der Waals surface area contributed by atoms with Gasteiger partial charge in [0.15, 0.2) is 11.3 Å². The maximum atomic E-state index is 13.7. The molecule has 9 heteroatoms. The van der Waals surface area contributed by atoms with E-state index in [-0.39, 0.29) is 23.5 Å². The Morgan fingerprint density at radius 2 is 1.44 bits per heavy atom. The summed E-state index contributed by atoms with van der Waals surface area (Å²) >= 11 is 0. The highest BCUT2D eigenvalue weighted by Crippen LogP contribution is 2.34. The number of nitrogens with one attached hydrogen (secondary N) is 1. The van der Waals surface area contributed by atoms with Crippen LogP contribution in [-0.2, 0) is 26.2 Å². The molecule has 1 unspecified atom stereocenters. The Morgan fingerprint density at radius 1 is 0.912 bits per heavy atom. The minimum Gasteiger partial charge on any atom is -0.508 e. The summed E-state index contributed by atoms with van der Waals surface area (Å²) in [5, 5.41) is 12.2. The number of carbonyl (C=O) groups excluding carboxylic acids is 2. The number of hydrogen-bond acceptors (Lipinski definition) is 8. The SMILES string of the molecule is CC(C)Oc1c(C(Cc2ccc(O)cc2)(NC(=O)OC(C)(C)C)C(=O)OC(C)(C)C)c(=O)c1=O. The van der Waals surface area contributed by atoms with Crippen LogP contribution < -0.4 is 20.9 Å². The van der Waals surface area contributed by atoms with Crippen LogP contribution in [0.1, 0.15) is 66.5 Å².